The average Bonchev–Trinajstić information content (AvgIpc) is 2.38. The molecule has 0 spiro atoms. The largest absolute Gasteiger partial charge is 0.221 e. The lowest BCUT2D eigenvalue weighted by molar-refractivity contribution is 0.451. The van der Waals surface area contributed by atoms with E-state index >= 15 is 0 Å². The predicted molar refractivity (Wildman–Crippen MR) is 81.4 cm³/mol. The van der Waals surface area contributed by atoms with Crippen molar-refractivity contribution in [3.05, 3.63) is 23.3 Å². The van der Waals surface area contributed by atoms with Crippen LogP contribution in [-0.4, -0.2) is 20.2 Å². The first kappa shape index (κ1) is 16.9. The van der Waals surface area contributed by atoms with Gasteiger partial charge in [0.05, 0.1) is 12.5 Å². The highest BCUT2D eigenvalue weighted by Crippen LogP contribution is 2.40. The van der Waals surface area contributed by atoms with E-state index in [1.165, 1.54) is 7.05 Å². The van der Waals surface area contributed by atoms with Gasteiger partial charge in [-0.15, -0.1) is 0 Å². The van der Waals surface area contributed by atoms with Crippen LogP contribution < -0.4 is 4.72 Å². The van der Waals surface area contributed by atoms with Crippen molar-refractivity contribution in [2.24, 2.45) is 11.8 Å². The summed E-state index contributed by atoms with van der Waals surface area (Å²) in [6.45, 7) is 7.94. The number of nitrogens with zero attached hydrogens (tertiary/aromatic N) is 1. The topological polar surface area (TPSA) is 70.0 Å². The molecule has 1 aliphatic rings. The molecule has 0 aromatic rings. The minimum absolute atomic E-state index is 0.0707. The fourth-order valence-corrected chi connectivity index (χ4v) is 4.37. The standard InChI is InChI=1S/C15H24N2O2S/c1-11(2)14-6-8-15(12(3)4,20(18,19)17-5)10-13(14)7-9-16/h6,10-12,17H,7-8H2,1-5H3. The van der Waals surface area contributed by atoms with E-state index in [9.17, 15) is 8.42 Å². The second kappa shape index (κ2) is 6.11. The van der Waals surface area contributed by atoms with Gasteiger partial charge in [-0.1, -0.05) is 39.8 Å². The van der Waals surface area contributed by atoms with Crippen molar-refractivity contribution in [2.75, 3.05) is 7.05 Å². The Morgan fingerprint density at radius 3 is 2.40 bits per heavy atom. The summed E-state index contributed by atoms with van der Waals surface area (Å²) in [5, 5.41) is 9.00. The van der Waals surface area contributed by atoms with Crippen molar-refractivity contribution in [1.29, 1.82) is 5.26 Å². The van der Waals surface area contributed by atoms with Gasteiger partial charge >= 0.3 is 0 Å². The monoisotopic (exact) mass is 296 g/mol. The molecule has 1 unspecified atom stereocenters. The van der Waals surface area contributed by atoms with E-state index < -0.39 is 14.8 Å². The Hall–Kier alpha value is -1.12. The zero-order valence-electron chi connectivity index (χ0n) is 12.9. The SMILES string of the molecule is CNS(=O)(=O)C1(C(C)C)C=C(CC#N)C(C(C)C)=CC1. The quantitative estimate of drug-likeness (QED) is 0.848. The van der Waals surface area contributed by atoms with Crippen molar-refractivity contribution >= 4 is 10.0 Å². The Kier molecular flexibility index (Phi) is 5.17. The van der Waals surface area contributed by atoms with Gasteiger partial charge in [0.2, 0.25) is 10.0 Å². The van der Waals surface area contributed by atoms with Crippen LogP contribution in [0.25, 0.3) is 0 Å². The molecule has 5 heteroatoms. The molecule has 0 radical (unpaired) electrons. The third-order valence-corrected chi connectivity index (χ3v) is 6.36. The fraction of sp³-hybridized carbons (Fsp3) is 0.667. The number of hydrogen-bond donors (Lipinski definition) is 1. The van der Waals surface area contributed by atoms with Crippen LogP contribution in [0.1, 0.15) is 40.5 Å². The van der Waals surface area contributed by atoms with Crippen LogP contribution in [0.15, 0.2) is 23.3 Å². The van der Waals surface area contributed by atoms with Crippen molar-refractivity contribution in [1.82, 2.24) is 4.72 Å². The summed E-state index contributed by atoms with van der Waals surface area (Å²) >= 11 is 0. The maximum atomic E-state index is 12.5. The van der Waals surface area contributed by atoms with Gasteiger partial charge in [0.15, 0.2) is 0 Å². The molecule has 0 saturated carbocycles. The number of nitriles is 1. The van der Waals surface area contributed by atoms with Crippen molar-refractivity contribution in [2.45, 2.75) is 45.3 Å². The van der Waals surface area contributed by atoms with Gasteiger partial charge < -0.3 is 0 Å². The lowest BCUT2D eigenvalue weighted by Gasteiger charge is -2.37. The van der Waals surface area contributed by atoms with Gasteiger partial charge in [0.25, 0.3) is 0 Å². The number of nitrogens with one attached hydrogen (secondary N) is 1. The van der Waals surface area contributed by atoms with Crippen molar-refractivity contribution < 1.29 is 8.42 Å². The van der Waals surface area contributed by atoms with Gasteiger partial charge in [-0.2, -0.15) is 5.26 Å². The highest BCUT2D eigenvalue weighted by atomic mass is 32.2. The summed E-state index contributed by atoms with van der Waals surface area (Å²) in [5.41, 5.74) is 1.94. The molecule has 0 bridgehead atoms. The molecule has 1 atom stereocenters. The third kappa shape index (κ3) is 2.82. The summed E-state index contributed by atoms with van der Waals surface area (Å²) in [6, 6.07) is 2.14. The molecule has 0 saturated heterocycles. The smallest absolute Gasteiger partial charge is 0.218 e. The third-order valence-electron chi connectivity index (χ3n) is 4.07. The Morgan fingerprint density at radius 1 is 1.40 bits per heavy atom. The van der Waals surface area contributed by atoms with Crippen LogP contribution in [0.2, 0.25) is 0 Å². The molecule has 1 aliphatic carbocycles. The summed E-state index contributed by atoms with van der Waals surface area (Å²) in [6.07, 6.45) is 4.50. The molecule has 1 N–H and O–H groups in total. The normalized spacial score (nSPS) is 23.5. The first-order chi connectivity index (χ1) is 9.21. The highest BCUT2D eigenvalue weighted by molar-refractivity contribution is 7.91. The van der Waals surface area contributed by atoms with Crippen LogP contribution in [0.5, 0.6) is 0 Å². The van der Waals surface area contributed by atoms with Gasteiger partial charge in [-0.05, 0) is 36.5 Å². The van der Waals surface area contributed by atoms with Crippen molar-refractivity contribution in [3.8, 4) is 6.07 Å². The molecule has 20 heavy (non-hydrogen) atoms. The summed E-state index contributed by atoms with van der Waals surface area (Å²) in [4.78, 5) is 0. The Morgan fingerprint density at radius 2 is 2.00 bits per heavy atom. The molecule has 0 aromatic carbocycles. The predicted octanol–water partition coefficient (Wildman–Crippen LogP) is 2.76. The van der Waals surface area contributed by atoms with Gasteiger partial charge in [0, 0.05) is 0 Å². The molecule has 1 rings (SSSR count). The van der Waals surface area contributed by atoms with Crippen LogP contribution in [-0.2, 0) is 10.0 Å². The van der Waals surface area contributed by atoms with E-state index in [2.05, 4.69) is 24.6 Å². The first-order valence-electron chi connectivity index (χ1n) is 6.94. The number of rotatable bonds is 5. The first-order valence-corrected chi connectivity index (χ1v) is 8.42. The molecule has 0 aromatic heterocycles. The van der Waals surface area contributed by atoms with Crippen LogP contribution >= 0.6 is 0 Å². The number of allylic oxidation sites excluding steroid dienone is 3. The summed E-state index contributed by atoms with van der Waals surface area (Å²) in [7, 11) is -2.02. The zero-order valence-corrected chi connectivity index (χ0v) is 13.7. The maximum absolute atomic E-state index is 12.5. The Bertz CT molecular complexity index is 565. The molecule has 0 fully saturated rings. The molecule has 0 heterocycles. The lowest BCUT2D eigenvalue weighted by Crippen LogP contribution is -2.48. The zero-order chi connectivity index (χ0) is 15.6. The van der Waals surface area contributed by atoms with E-state index in [1.807, 2.05) is 26.0 Å². The molecule has 112 valence electrons. The van der Waals surface area contributed by atoms with Crippen LogP contribution in [0, 0.1) is 23.2 Å². The second-order valence-corrected chi connectivity index (χ2v) is 8.02. The van der Waals surface area contributed by atoms with E-state index in [1.54, 1.807) is 0 Å². The molecular weight excluding hydrogens is 272 g/mol. The molecule has 4 nitrogen and oxygen atoms in total. The van der Waals surface area contributed by atoms with Gasteiger partial charge in [-0.25, -0.2) is 13.1 Å². The highest BCUT2D eigenvalue weighted by Gasteiger charge is 2.45. The molecule has 0 amide bonds. The minimum Gasteiger partial charge on any atom is -0.218 e. The summed E-state index contributed by atoms with van der Waals surface area (Å²) in [5.74, 6) is 0.218. The summed E-state index contributed by atoms with van der Waals surface area (Å²) < 4.78 is 26.4. The van der Waals surface area contributed by atoms with E-state index in [-0.39, 0.29) is 18.3 Å². The van der Waals surface area contributed by atoms with E-state index in [0.29, 0.717) is 6.42 Å². The minimum atomic E-state index is -3.46. The Balaban J connectivity index is 3.44. The number of hydrogen-bond acceptors (Lipinski definition) is 3. The fourth-order valence-electron chi connectivity index (χ4n) is 2.77. The molecular formula is C15H24N2O2S. The van der Waals surface area contributed by atoms with E-state index in [0.717, 1.165) is 11.1 Å². The van der Waals surface area contributed by atoms with Gasteiger partial charge in [-0.3, -0.25) is 0 Å². The maximum Gasteiger partial charge on any atom is 0.221 e. The number of sulfonamides is 1. The van der Waals surface area contributed by atoms with Crippen LogP contribution in [0.3, 0.4) is 0 Å². The second-order valence-electron chi connectivity index (χ2n) is 5.84. The lowest BCUT2D eigenvalue weighted by atomic mass is 9.79. The van der Waals surface area contributed by atoms with Crippen LogP contribution in [0.4, 0.5) is 0 Å². The Labute approximate surface area is 122 Å². The van der Waals surface area contributed by atoms with E-state index in [4.69, 9.17) is 5.26 Å². The van der Waals surface area contributed by atoms with Gasteiger partial charge in [0.1, 0.15) is 4.75 Å². The average molecular weight is 296 g/mol. The van der Waals surface area contributed by atoms with Crippen molar-refractivity contribution in [3.63, 3.8) is 0 Å². The molecule has 0 aliphatic heterocycles.